The zero-order valence-electron chi connectivity index (χ0n) is 17.4. The molecule has 1 aromatic carbocycles. The molecule has 3 aliphatic rings. The minimum absolute atomic E-state index is 0.00751. The Morgan fingerprint density at radius 2 is 1.74 bits per heavy atom. The minimum Gasteiger partial charge on any atom is -0.376 e. The molecule has 0 aromatic heterocycles. The number of hydrogen-bond acceptors (Lipinski definition) is 3. The molecule has 0 N–H and O–H groups in total. The maximum absolute atomic E-state index is 6.64. The lowest BCUT2D eigenvalue weighted by Crippen LogP contribution is -2.62. The van der Waals surface area contributed by atoms with Crippen LogP contribution in [0, 0.1) is 22.7 Å². The fraction of sp³-hybridized carbons (Fsp3) is 0.739. The summed E-state index contributed by atoms with van der Waals surface area (Å²) in [5, 5.41) is 0. The first-order valence-electron chi connectivity index (χ1n) is 10.2. The first kappa shape index (κ1) is 20.1. The van der Waals surface area contributed by atoms with Crippen LogP contribution in [0.25, 0.3) is 0 Å². The van der Waals surface area contributed by atoms with Crippen molar-refractivity contribution in [1.82, 2.24) is 0 Å². The molecule has 3 fully saturated rings. The highest BCUT2D eigenvalue weighted by Crippen LogP contribution is 2.71. The summed E-state index contributed by atoms with van der Waals surface area (Å²) in [6.45, 7) is 11.4. The summed E-state index contributed by atoms with van der Waals surface area (Å²) in [6, 6.07) is 10.5. The van der Waals surface area contributed by atoms with Crippen LogP contribution >= 0.6 is 22.6 Å². The normalized spacial score (nSPS) is 41.1. The van der Waals surface area contributed by atoms with E-state index in [-0.39, 0.29) is 27.7 Å². The molecule has 0 bridgehead atoms. The lowest BCUT2D eigenvalue weighted by Gasteiger charge is -2.56. The third kappa shape index (κ3) is 3.19. The lowest BCUT2D eigenvalue weighted by molar-refractivity contribution is -0.356. The summed E-state index contributed by atoms with van der Waals surface area (Å²) >= 11 is 2.57. The summed E-state index contributed by atoms with van der Waals surface area (Å²) in [5.41, 5.74) is 1.62. The SMILES string of the molecule is CO[C@@H](c1ccccc1)[C@H](I)[C@H]1OC(C)(C)O[C@H]2[C@H]3[C@@H](CC[C@@]12C)C3(C)C. The fourth-order valence-electron chi connectivity index (χ4n) is 5.92. The van der Waals surface area contributed by atoms with Gasteiger partial charge in [-0.3, -0.25) is 0 Å². The van der Waals surface area contributed by atoms with E-state index in [1.807, 2.05) is 7.11 Å². The Kier molecular flexibility index (Phi) is 4.98. The molecule has 0 amide bonds. The van der Waals surface area contributed by atoms with Gasteiger partial charge in [-0.15, -0.1) is 0 Å². The third-order valence-electron chi connectivity index (χ3n) is 7.54. The van der Waals surface area contributed by atoms with Crippen LogP contribution in [0.15, 0.2) is 30.3 Å². The Hall–Kier alpha value is -0.170. The number of halogens is 1. The molecule has 7 atom stereocenters. The highest BCUT2D eigenvalue weighted by atomic mass is 127. The molecule has 0 radical (unpaired) electrons. The van der Waals surface area contributed by atoms with Gasteiger partial charge in [-0.25, -0.2) is 0 Å². The number of benzene rings is 1. The summed E-state index contributed by atoms with van der Waals surface area (Å²) < 4.78 is 19.4. The van der Waals surface area contributed by atoms with Gasteiger partial charge in [0.15, 0.2) is 5.79 Å². The van der Waals surface area contributed by atoms with Crippen molar-refractivity contribution < 1.29 is 14.2 Å². The average Bonchev–Trinajstić information content (AvgIpc) is 3.18. The highest BCUT2D eigenvalue weighted by Gasteiger charge is 2.71. The van der Waals surface area contributed by atoms with Gasteiger partial charge in [-0.1, -0.05) is 73.7 Å². The topological polar surface area (TPSA) is 27.7 Å². The van der Waals surface area contributed by atoms with E-state index in [0.29, 0.717) is 11.3 Å². The second-order valence-corrected chi connectivity index (χ2v) is 11.4. The second kappa shape index (κ2) is 6.68. The first-order valence-corrected chi connectivity index (χ1v) is 11.4. The predicted octanol–water partition coefficient (Wildman–Crippen LogP) is 5.77. The Bertz CT molecular complexity index is 688. The van der Waals surface area contributed by atoms with E-state index < -0.39 is 5.79 Å². The minimum atomic E-state index is -0.562. The van der Waals surface area contributed by atoms with Crippen LogP contribution in [0.2, 0.25) is 0 Å². The summed E-state index contributed by atoms with van der Waals surface area (Å²) in [4.78, 5) is 0. The van der Waals surface area contributed by atoms with E-state index in [2.05, 4.69) is 87.5 Å². The molecule has 1 aliphatic heterocycles. The van der Waals surface area contributed by atoms with Crippen molar-refractivity contribution in [3.63, 3.8) is 0 Å². The van der Waals surface area contributed by atoms with Crippen LogP contribution in [-0.4, -0.2) is 29.0 Å². The van der Waals surface area contributed by atoms with E-state index in [1.54, 1.807) is 0 Å². The molecule has 1 heterocycles. The van der Waals surface area contributed by atoms with Gasteiger partial charge in [0.1, 0.15) is 0 Å². The highest BCUT2D eigenvalue weighted by molar-refractivity contribution is 14.1. The van der Waals surface area contributed by atoms with E-state index in [1.165, 1.54) is 12.0 Å². The van der Waals surface area contributed by atoms with Gasteiger partial charge in [-0.2, -0.15) is 0 Å². The molecular weight excluding hydrogens is 451 g/mol. The summed E-state index contributed by atoms with van der Waals surface area (Å²) in [7, 11) is 1.81. The van der Waals surface area contributed by atoms with Gasteiger partial charge in [-0.05, 0) is 49.5 Å². The van der Waals surface area contributed by atoms with Gasteiger partial charge in [0, 0.05) is 12.5 Å². The lowest BCUT2D eigenvalue weighted by atomic mass is 9.67. The van der Waals surface area contributed by atoms with Gasteiger partial charge < -0.3 is 14.2 Å². The largest absolute Gasteiger partial charge is 0.376 e. The average molecular weight is 484 g/mol. The molecule has 0 spiro atoms. The molecule has 1 aromatic rings. The van der Waals surface area contributed by atoms with Crippen molar-refractivity contribution in [3.8, 4) is 0 Å². The van der Waals surface area contributed by atoms with Crippen LogP contribution in [-0.2, 0) is 14.2 Å². The Labute approximate surface area is 177 Å². The Balaban J connectivity index is 1.68. The van der Waals surface area contributed by atoms with E-state index in [4.69, 9.17) is 14.2 Å². The van der Waals surface area contributed by atoms with Gasteiger partial charge >= 0.3 is 0 Å². The zero-order chi connectivity index (χ0) is 19.6. The van der Waals surface area contributed by atoms with Crippen LogP contribution in [0.3, 0.4) is 0 Å². The van der Waals surface area contributed by atoms with Gasteiger partial charge in [0.05, 0.1) is 22.2 Å². The molecule has 4 rings (SSSR count). The number of rotatable bonds is 4. The molecule has 1 saturated heterocycles. The van der Waals surface area contributed by atoms with Crippen LogP contribution in [0.5, 0.6) is 0 Å². The quantitative estimate of drug-likeness (QED) is 0.401. The first-order chi connectivity index (χ1) is 12.6. The van der Waals surface area contributed by atoms with E-state index in [0.717, 1.165) is 12.3 Å². The molecule has 3 nitrogen and oxygen atoms in total. The molecular formula is C23H33IO3. The van der Waals surface area contributed by atoms with Crippen molar-refractivity contribution in [2.75, 3.05) is 7.11 Å². The Morgan fingerprint density at radius 3 is 2.37 bits per heavy atom. The molecule has 150 valence electrons. The Morgan fingerprint density at radius 1 is 1.07 bits per heavy atom. The number of alkyl halides is 1. The van der Waals surface area contributed by atoms with E-state index >= 15 is 0 Å². The maximum atomic E-state index is 6.64. The molecule has 4 heteroatoms. The predicted molar refractivity (Wildman–Crippen MR) is 116 cm³/mol. The number of hydrogen-bond donors (Lipinski definition) is 0. The summed E-state index contributed by atoms with van der Waals surface area (Å²) in [5.74, 6) is 0.877. The second-order valence-electron chi connectivity index (χ2n) is 9.99. The number of fused-ring (bicyclic) bond motifs is 3. The molecule has 2 saturated carbocycles. The van der Waals surface area contributed by atoms with Crippen LogP contribution in [0.1, 0.15) is 59.1 Å². The molecule has 2 aliphatic carbocycles. The van der Waals surface area contributed by atoms with Crippen molar-refractivity contribution in [3.05, 3.63) is 35.9 Å². The number of methoxy groups -OCH3 is 1. The van der Waals surface area contributed by atoms with Gasteiger partial charge in [0.25, 0.3) is 0 Å². The van der Waals surface area contributed by atoms with Crippen molar-refractivity contribution in [1.29, 1.82) is 0 Å². The van der Waals surface area contributed by atoms with Crippen molar-refractivity contribution >= 4 is 22.6 Å². The van der Waals surface area contributed by atoms with E-state index in [9.17, 15) is 0 Å². The third-order valence-corrected chi connectivity index (χ3v) is 8.85. The number of ether oxygens (including phenoxy) is 3. The smallest absolute Gasteiger partial charge is 0.163 e. The van der Waals surface area contributed by atoms with Crippen LogP contribution < -0.4 is 0 Å². The monoisotopic (exact) mass is 484 g/mol. The maximum Gasteiger partial charge on any atom is 0.163 e. The van der Waals surface area contributed by atoms with Crippen LogP contribution in [0.4, 0.5) is 0 Å². The molecule has 27 heavy (non-hydrogen) atoms. The fourth-order valence-corrected chi connectivity index (χ4v) is 7.60. The zero-order valence-corrected chi connectivity index (χ0v) is 19.5. The summed E-state index contributed by atoms with van der Waals surface area (Å²) in [6.07, 6.45) is 2.79. The van der Waals surface area contributed by atoms with Crippen molar-refractivity contribution in [2.45, 2.75) is 75.5 Å². The molecule has 0 unspecified atom stereocenters. The van der Waals surface area contributed by atoms with Gasteiger partial charge in [0.2, 0.25) is 0 Å². The standard InChI is InChI=1S/C23H33IO3/c1-21(2)15-12-13-23(5)19(16(15)21)26-22(3,4)27-20(23)17(24)18(25-6)14-10-8-7-9-11-14/h7-11,15-20H,12-13H2,1-6H3/t15-,16-,17+,18+,19+,20-,23-/m1/s1. The van der Waals surface area contributed by atoms with Crippen molar-refractivity contribution in [2.24, 2.45) is 22.7 Å².